The van der Waals surface area contributed by atoms with Crippen LogP contribution in [-0.2, 0) is 11.4 Å². The highest BCUT2D eigenvalue weighted by molar-refractivity contribution is 9.11. The van der Waals surface area contributed by atoms with E-state index in [4.69, 9.17) is 25.8 Å². The van der Waals surface area contributed by atoms with Crippen LogP contribution in [0.25, 0.3) is 0 Å². The van der Waals surface area contributed by atoms with Crippen LogP contribution in [0.1, 0.15) is 11.1 Å². The zero-order chi connectivity index (χ0) is 23.2. The molecule has 0 saturated carbocycles. The number of benzene rings is 3. The Balaban J connectivity index is 1.29. The third kappa shape index (κ3) is 6.19. The molecule has 0 radical (unpaired) electrons. The van der Waals surface area contributed by atoms with Crippen molar-refractivity contribution in [1.29, 1.82) is 0 Å². The summed E-state index contributed by atoms with van der Waals surface area (Å²) in [6.45, 7) is 0.588. The number of nitrogens with zero attached hydrogens (tertiary/aromatic N) is 1. The lowest BCUT2D eigenvalue weighted by atomic mass is 10.2. The quantitative estimate of drug-likeness (QED) is 0.257. The second-order valence-corrected chi connectivity index (χ2v) is 9.02. The molecule has 0 spiro atoms. The number of halogens is 3. The normalized spacial score (nSPS) is 12.1. The number of hydrogen-bond acceptors (Lipinski definition) is 6. The molecule has 1 amide bonds. The van der Waals surface area contributed by atoms with Gasteiger partial charge in [0.2, 0.25) is 6.79 Å². The van der Waals surface area contributed by atoms with Gasteiger partial charge in [-0.15, -0.1) is 0 Å². The molecule has 0 atom stereocenters. The van der Waals surface area contributed by atoms with Gasteiger partial charge in [-0.2, -0.15) is 5.10 Å². The van der Waals surface area contributed by atoms with Crippen LogP contribution in [0.15, 0.2) is 68.6 Å². The fourth-order valence-corrected chi connectivity index (χ4v) is 4.61. The van der Waals surface area contributed by atoms with E-state index in [2.05, 4.69) is 47.7 Å². The second-order valence-electron chi connectivity index (χ2n) is 6.91. The molecular weight excluding hydrogens is 578 g/mol. The van der Waals surface area contributed by atoms with Gasteiger partial charge in [-0.1, -0.05) is 29.8 Å². The lowest BCUT2D eigenvalue weighted by Gasteiger charge is -2.12. The molecule has 0 fully saturated rings. The predicted octanol–water partition coefficient (Wildman–Crippen LogP) is 5.73. The summed E-state index contributed by atoms with van der Waals surface area (Å²) in [5.74, 6) is 1.69. The van der Waals surface area contributed by atoms with Gasteiger partial charge in [-0.05, 0) is 67.8 Å². The summed E-state index contributed by atoms with van der Waals surface area (Å²) in [5, 5.41) is 7.69. The number of amides is 1. The van der Waals surface area contributed by atoms with E-state index in [1.807, 2.05) is 42.5 Å². The Labute approximate surface area is 212 Å². The fraction of sp³-hybridized carbons (Fsp3) is 0.130. The molecule has 1 aliphatic rings. The van der Waals surface area contributed by atoms with Crippen molar-refractivity contribution in [2.45, 2.75) is 6.61 Å². The van der Waals surface area contributed by atoms with Gasteiger partial charge in [0, 0.05) is 22.3 Å². The standard InChI is InChI=1S/C23H18Br2ClN3O4/c24-17-7-14(8-18(25)23(17)31-12-15-3-1-2-4-19(15)26)10-28-29-22(30)11-27-16-5-6-20-21(9-16)33-13-32-20/h1-10,27H,11-13H2,(H,29,30)/b28-10-. The number of anilines is 1. The minimum absolute atomic E-state index is 0.0548. The molecule has 1 aliphatic heterocycles. The van der Waals surface area contributed by atoms with Gasteiger partial charge in [-0.25, -0.2) is 5.43 Å². The topological polar surface area (TPSA) is 81.2 Å². The summed E-state index contributed by atoms with van der Waals surface area (Å²) in [6, 6.07) is 16.6. The molecule has 7 nitrogen and oxygen atoms in total. The maximum atomic E-state index is 12.1. The minimum atomic E-state index is -0.290. The van der Waals surface area contributed by atoms with Gasteiger partial charge in [0.1, 0.15) is 12.4 Å². The van der Waals surface area contributed by atoms with Crippen molar-refractivity contribution in [3.05, 3.63) is 79.7 Å². The predicted molar refractivity (Wildman–Crippen MR) is 134 cm³/mol. The van der Waals surface area contributed by atoms with Gasteiger partial charge in [-0.3, -0.25) is 4.79 Å². The Bertz CT molecular complexity index is 1180. The number of fused-ring (bicyclic) bond motifs is 1. The number of carbonyl (C=O) groups is 1. The third-order valence-corrected chi connectivity index (χ3v) is 6.13. The number of nitrogens with one attached hydrogen (secondary N) is 2. The van der Waals surface area contributed by atoms with Gasteiger partial charge >= 0.3 is 0 Å². The van der Waals surface area contributed by atoms with Gasteiger partial charge in [0.05, 0.1) is 21.7 Å². The SMILES string of the molecule is O=C(CNc1ccc2c(c1)OCO2)N/N=C\c1cc(Br)c(OCc2ccccc2Cl)c(Br)c1. The molecule has 0 saturated heterocycles. The van der Waals surface area contributed by atoms with E-state index in [1.165, 1.54) is 0 Å². The van der Waals surface area contributed by atoms with E-state index in [1.54, 1.807) is 18.3 Å². The molecular formula is C23H18Br2ClN3O4. The summed E-state index contributed by atoms with van der Waals surface area (Å²) in [7, 11) is 0. The number of hydrogen-bond donors (Lipinski definition) is 2. The van der Waals surface area contributed by atoms with Crippen LogP contribution in [0.4, 0.5) is 5.69 Å². The summed E-state index contributed by atoms with van der Waals surface area (Å²) in [6.07, 6.45) is 1.55. The zero-order valence-corrected chi connectivity index (χ0v) is 21.0. The van der Waals surface area contributed by atoms with Crippen LogP contribution in [0.3, 0.4) is 0 Å². The van der Waals surface area contributed by atoms with E-state index < -0.39 is 0 Å². The lowest BCUT2D eigenvalue weighted by molar-refractivity contribution is -0.119. The molecule has 0 aliphatic carbocycles. The summed E-state index contributed by atoms with van der Waals surface area (Å²) in [4.78, 5) is 12.1. The first-order valence-electron chi connectivity index (χ1n) is 9.80. The zero-order valence-electron chi connectivity index (χ0n) is 17.1. The van der Waals surface area contributed by atoms with Crippen molar-refractivity contribution in [3.63, 3.8) is 0 Å². The largest absolute Gasteiger partial charge is 0.486 e. The van der Waals surface area contributed by atoms with Gasteiger partial charge in [0.25, 0.3) is 5.91 Å². The molecule has 0 bridgehead atoms. The summed E-state index contributed by atoms with van der Waals surface area (Å²) in [5.41, 5.74) is 4.90. The van der Waals surface area contributed by atoms with E-state index >= 15 is 0 Å². The first-order valence-corrected chi connectivity index (χ1v) is 11.8. The van der Waals surface area contributed by atoms with E-state index in [0.29, 0.717) is 28.9 Å². The average molecular weight is 596 g/mol. The van der Waals surface area contributed by atoms with Gasteiger partial charge < -0.3 is 19.5 Å². The second kappa shape index (κ2) is 10.9. The van der Waals surface area contributed by atoms with Crippen LogP contribution >= 0.6 is 43.5 Å². The van der Waals surface area contributed by atoms with Crippen molar-refractivity contribution in [2.75, 3.05) is 18.7 Å². The Morgan fingerprint density at radius 1 is 1.09 bits per heavy atom. The van der Waals surface area contributed by atoms with Crippen LogP contribution in [0.5, 0.6) is 17.2 Å². The Hall–Kier alpha value is -2.75. The third-order valence-electron chi connectivity index (χ3n) is 4.58. The molecule has 4 rings (SSSR count). The Morgan fingerprint density at radius 2 is 1.85 bits per heavy atom. The van der Waals surface area contributed by atoms with Crippen LogP contribution < -0.4 is 25.0 Å². The number of rotatable bonds is 8. The molecule has 3 aromatic carbocycles. The molecule has 3 aromatic rings. The number of hydrazone groups is 1. The summed E-state index contributed by atoms with van der Waals surface area (Å²) >= 11 is 13.2. The fourth-order valence-electron chi connectivity index (χ4n) is 2.96. The molecule has 170 valence electrons. The highest BCUT2D eigenvalue weighted by atomic mass is 79.9. The molecule has 0 unspecified atom stereocenters. The number of carbonyl (C=O) groups excluding carboxylic acids is 1. The van der Waals surface area contributed by atoms with Crippen molar-refractivity contribution >= 4 is 61.3 Å². The van der Waals surface area contributed by atoms with E-state index in [0.717, 1.165) is 25.8 Å². The van der Waals surface area contributed by atoms with Crippen molar-refractivity contribution in [3.8, 4) is 17.2 Å². The highest BCUT2D eigenvalue weighted by Gasteiger charge is 2.13. The molecule has 2 N–H and O–H groups in total. The molecule has 10 heteroatoms. The van der Waals surface area contributed by atoms with Crippen molar-refractivity contribution < 1.29 is 19.0 Å². The maximum Gasteiger partial charge on any atom is 0.259 e. The Morgan fingerprint density at radius 3 is 2.64 bits per heavy atom. The smallest absolute Gasteiger partial charge is 0.259 e. The lowest BCUT2D eigenvalue weighted by Crippen LogP contribution is -2.25. The minimum Gasteiger partial charge on any atom is -0.486 e. The van der Waals surface area contributed by atoms with Crippen LogP contribution in [0, 0.1) is 0 Å². The monoisotopic (exact) mass is 593 g/mol. The first kappa shape index (κ1) is 23.4. The van der Waals surface area contributed by atoms with Crippen LogP contribution in [-0.4, -0.2) is 25.5 Å². The molecule has 1 heterocycles. The Kier molecular flexibility index (Phi) is 7.74. The van der Waals surface area contributed by atoms with Crippen molar-refractivity contribution in [2.24, 2.45) is 5.10 Å². The highest BCUT2D eigenvalue weighted by Crippen LogP contribution is 2.36. The first-order chi connectivity index (χ1) is 16.0. The molecule has 0 aromatic heterocycles. The van der Waals surface area contributed by atoms with Crippen LogP contribution in [0.2, 0.25) is 5.02 Å². The number of ether oxygens (including phenoxy) is 3. The van der Waals surface area contributed by atoms with Crippen molar-refractivity contribution in [1.82, 2.24) is 5.43 Å². The van der Waals surface area contributed by atoms with E-state index in [9.17, 15) is 4.79 Å². The summed E-state index contributed by atoms with van der Waals surface area (Å²) < 4.78 is 18.0. The maximum absolute atomic E-state index is 12.1. The van der Waals surface area contributed by atoms with Gasteiger partial charge in [0.15, 0.2) is 11.5 Å². The average Bonchev–Trinajstić information content (AvgIpc) is 3.26. The molecule has 33 heavy (non-hydrogen) atoms. The van der Waals surface area contributed by atoms with E-state index in [-0.39, 0.29) is 19.2 Å².